The molecule has 0 amide bonds. The molecule has 2 unspecified atom stereocenters. The average Bonchev–Trinajstić information content (AvgIpc) is 3.30. The fraction of sp³-hybridized carbons (Fsp3) is 0.682. The minimum absolute atomic E-state index is 0.130. The normalized spacial score (nSPS) is 21.5. The largest absolute Gasteiger partial charge is 0.381 e. The highest BCUT2D eigenvalue weighted by Gasteiger charge is 2.23. The maximum atomic E-state index is 13.4. The second-order valence-electron chi connectivity index (χ2n) is 7.75. The summed E-state index contributed by atoms with van der Waals surface area (Å²) in [5.41, 5.74) is 1.09. The molecule has 2 atom stereocenters. The summed E-state index contributed by atoms with van der Waals surface area (Å²) in [5.74, 6) is 1.10. The Hall–Kier alpha value is -1.74. The van der Waals surface area contributed by atoms with Crippen molar-refractivity contribution < 1.29 is 18.6 Å². The van der Waals surface area contributed by atoms with E-state index in [4.69, 9.17) is 14.2 Å². The van der Waals surface area contributed by atoms with Gasteiger partial charge in [0.05, 0.1) is 32.5 Å². The highest BCUT2D eigenvalue weighted by atomic mass is 19.1. The van der Waals surface area contributed by atoms with Crippen LogP contribution in [0.25, 0.3) is 0 Å². The molecule has 2 fully saturated rings. The molecular formula is C22H35FN4O3. The standard InChI is InChI=1S/C22H35FN4O3/c1-24-22(25-8-2-11-29-16-18-7-12-30-17-18)26-15-21(27-9-13-28-14-10-27)19-3-5-20(23)6-4-19/h3-6,18,21H,2,7-17H2,1H3,(H2,24,25,26). The van der Waals surface area contributed by atoms with Crippen LogP contribution in [0.4, 0.5) is 4.39 Å². The molecule has 1 aromatic carbocycles. The number of guanidine groups is 1. The first kappa shape index (κ1) is 22.9. The van der Waals surface area contributed by atoms with Crippen molar-refractivity contribution in [2.24, 2.45) is 10.9 Å². The van der Waals surface area contributed by atoms with Gasteiger partial charge in [-0.2, -0.15) is 0 Å². The number of hydrogen-bond acceptors (Lipinski definition) is 5. The summed E-state index contributed by atoms with van der Waals surface area (Å²) in [5, 5.41) is 6.77. The van der Waals surface area contributed by atoms with Gasteiger partial charge in [-0.05, 0) is 30.5 Å². The molecule has 2 N–H and O–H groups in total. The third-order valence-corrected chi connectivity index (χ3v) is 5.56. The van der Waals surface area contributed by atoms with Gasteiger partial charge in [0.25, 0.3) is 0 Å². The predicted molar refractivity (Wildman–Crippen MR) is 115 cm³/mol. The first-order valence-corrected chi connectivity index (χ1v) is 10.9. The monoisotopic (exact) mass is 422 g/mol. The van der Waals surface area contributed by atoms with Gasteiger partial charge in [-0.3, -0.25) is 9.89 Å². The Balaban J connectivity index is 1.41. The van der Waals surface area contributed by atoms with Gasteiger partial charge < -0.3 is 24.8 Å². The quantitative estimate of drug-likeness (QED) is 0.341. The van der Waals surface area contributed by atoms with E-state index in [-0.39, 0.29) is 11.9 Å². The van der Waals surface area contributed by atoms with Gasteiger partial charge in [-0.15, -0.1) is 0 Å². The Kier molecular flexibility index (Phi) is 9.82. The molecule has 0 radical (unpaired) electrons. The summed E-state index contributed by atoms with van der Waals surface area (Å²) >= 11 is 0. The number of aliphatic imine (C=N–C) groups is 1. The zero-order valence-electron chi connectivity index (χ0n) is 17.9. The van der Waals surface area contributed by atoms with E-state index >= 15 is 0 Å². The van der Waals surface area contributed by atoms with Gasteiger partial charge in [0.1, 0.15) is 5.82 Å². The van der Waals surface area contributed by atoms with Crippen LogP contribution in [0.3, 0.4) is 0 Å². The smallest absolute Gasteiger partial charge is 0.191 e. The summed E-state index contributed by atoms with van der Waals surface area (Å²) in [7, 11) is 1.77. The van der Waals surface area contributed by atoms with Crippen LogP contribution >= 0.6 is 0 Å². The van der Waals surface area contributed by atoms with Crippen LogP contribution in [0, 0.1) is 11.7 Å². The Morgan fingerprint density at radius 1 is 1.20 bits per heavy atom. The highest BCUT2D eigenvalue weighted by molar-refractivity contribution is 5.79. The van der Waals surface area contributed by atoms with Gasteiger partial charge >= 0.3 is 0 Å². The van der Waals surface area contributed by atoms with E-state index < -0.39 is 0 Å². The molecule has 2 aliphatic heterocycles. The van der Waals surface area contributed by atoms with E-state index in [1.165, 1.54) is 12.1 Å². The van der Waals surface area contributed by atoms with Crippen LogP contribution in [0.2, 0.25) is 0 Å². The third kappa shape index (κ3) is 7.50. The maximum absolute atomic E-state index is 13.4. The number of rotatable bonds is 10. The number of hydrogen-bond donors (Lipinski definition) is 2. The molecule has 0 bridgehead atoms. The van der Waals surface area contributed by atoms with Crippen LogP contribution in [0.1, 0.15) is 24.4 Å². The van der Waals surface area contributed by atoms with Crippen LogP contribution in [-0.2, 0) is 14.2 Å². The molecule has 0 aliphatic carbocycles. The number of ether oxygens (including phenoxy) is 3. The van der Waals surface area contributed by atoms with Crippen molar-refractivity contribution in [3.8, 4) is 0 Å². The topological polar surface area (TPSA) is 67.4 Å². The number of nitrogens with zero attached hydrogens (tertiary/aromatic N) is 2. The summed E-state index contributed by atoms with van der Waals surface area (Å²) in [4.78, 5) is 6.70. The van der Waals surface area contributed by atoms with Crippen molar-refractivity contribution in [3.63, 3.8) is 0 Å². The van der Waals surface area contributed by atoms with E-state index in [1.54, 1.807) is 7.05 Å². The molecule has 30 heavy (non-hydrogen) atoms. The van der Waals surface area contributed by atoms with Crippen molar-refractivity contribution in [2.45, 2.75) is 18.9 Å². The summed E-state index contributed by atoms with van der Waals surface area (Å²) in [6.07, 6.45) is 2.02. The predicted octanol–water partition coefficient (Wildman–Crippen LogP) is 1.81. The van der Waals surface area contributed by atoms with Crippen molar-refractivity contribution in [1.29, 1.82) is 0 Å². The van der Waals surface area contributed by atoms with Gasteiger partial charge in [0.15, 0.2) is 5.96 Å². The van der Waals surface area contributed by atoms with Crippen molar-refractivity contribution in [1.82, 2.24) is 15.5 Å². The zero-order valence-corrected chi connectivity index (χ0v) is 17.9. The summed E-state index contributed by atoms with van der Waals surface area (Å²) < 4.78 is 30.0. The number of benzene rings is 1. The maximum Gasteiger partial charge on any atom is 0.191 e. The van der Waals surface area contributed by atoms with Gasteiger partial charge in [-0.25, -0.2) is 4.39 Å². The first-order chi connectivity index (χ1) is 14.8. The molecule has 0 spiro atoms. The van der Waals surface area contributed by atoms with E-state index in [9.17, 15) is 4.39 Å². The molecule has 168 valence electrons. The summed E-state index contributed by atoms with van der Waals surface area (Å²) in [6.45, 7) is 7.84. The van der Waals surface area contributed by atoms with Gasteiger partial charge in [0.2, 0.25) is 0 Å². The van der Waals surface area contributed by atoms with Crippen molar-refractivity contribution >= 4 is 5.96 Å². The van der Waals surface area contributed by atoms with Crippen LogP contribution in [0.15, 0.2) is 29.3 Å². The van der Waals surface area contributed by atoms with E-state index in [2.05, 4.69) is 20.5 Å². The van der Waals surface area contributed by atoms with Gasteiger partial charge in [0, 0.05) is 52.4 Å². The van der Waals surface area contributed by atoms with E-state index in [0.717, 1.165) is 83.6 Å². The Labute approximate surface area is 179 Å². The SMILES string of the molecule is CN=C(NCCCOCC1CCOC1)NCC(c1ccc(F)cc1)N1CCOCC1. The lowest BCUT2D eigenvalue weighted by atomic mass is 10.0. The molecule has 8 heteroatoms. The summed E-state index contributed by atoms with van der Waals surface area (Å²) in [6, 6.07) is 6.89. The Bertz CT molecular complexity index is 632. The van der Waals surface area contributed by atoms with E-state index in [0.29, 0.717) is 12.5 Å². The molecule has 2 aliphatic rings. The Morgan fingerprint density at radius 2 is 2.00 bits per heavy atom. The average molecular weight is 423 g/mol. The molecule has 2 heterocycles. The third-order valence-electron chi connectivity index (χ3n) is 5.56. The molecule has 1 aromatic rings. The number of morpholine rings is 1. The minimum Gasteiger partial charge on any atom is -0.381 e. The molecule has 3 rings (SSSR count). The highest BCUT2D eigenvalue weighted by Crippen LogP contribution is 2.21. The molecular weight excluding hydrogens is 387 g/mol. The fourth-order valence-corrected chi connectivity index (χ4v) is 3.79. The molecule has 2 saturated heterocycles. The van der Waals surface area contributed by atoms with Crippen LogP contribution in [0.5, 0.6) is 0 Å². The zero-order chi connectivity index (χ0) is 21.0. The van der Waals surface area contributed by atoms with E-state index in [1.807, 2.05) is 12.1 Å². The lowest BCUT2D eigenvalue weighted by Gasteiger charge is -2.35. The lowest BCUT2D eigenvalue weighted by molar-refractivity contribution is 0.0170. The number of nitrogens with one attached hydrogen (secondary N) is 2. The van der Waals surface area contributed by atoms with Gasteiger partial charge in [-0.1, -0.05) is 12.1 Å². The minimum atomic E-state index is -0.215. The van der Waals surface area contributed by atoms with Crippen molar-refractivity contribution in [3.05, 3.63) is 35.6 Å². The second kappa shape index (κ2) is 12.8. The molecule has 7 nitrogen and oxygen atoms in total. The molecule has 0 saturated carbocycles. The fourth-order valence-electron chi connectivity index (χ4n) is 3.79. The van der Waals surface area contributed by atoms with Crippen LogP contribution in [-0.4, -0.2) is 83.7 Å². The lowest BCUT2D eigenvalue weighted by Crippen LogP contribution is -2.46. The van der Waals surface area contributed by atoms with Crippen molar-refractivity contribution in [2.75, 3.05) is 72.9 Å². The van der Waals surface area contributed by atoms with Crippen LogP contribution < -0.4 is 10.6 Å². The Morgan fingerprint density at radius 3 is 2.70 bits per heavy atom. The first-order valence-electron chi connectivity index (χ1n) is 10.9. The second-order valence-corrected chi connectivity index (χ2v) is 7.75. The molecule has 0 aromatic heterocycles. The number of halogens is 1.